The van der Waals surface area contributed by atoms with E-state index in [1.165, 1.54) is 17.7 Å². The van der Waals surface area contributed by atoms with Gasteiger partial charge in [-0.15, -0.1) is 0 Å². The van der Waals surface area contributed by atoms with Crippen LogP contribution < -0.4 is 5.32 Å². The second-order valence-corrected chi connectivity index (χ2v) is 5.88. The predicted octanol–water partition coefficient (Wildman–Crippen LogP) is 5.09. The Morgan fingerprint density at radius 3 is 2.79 bits per heavy atom. The smallest absolute Gasteiger partial charge is 0.142 e. The maximum Gasteiger partial charge on any atom is 0.142 e. The van der Waals surface area contributed by atoms with Gasteiger partial charge in [0.15, 0.2) is 0 Å². The van der Waals surface area contributed by atoms with Crippen LogP contribution in [-0.4, -0.2) is 6.54 Å². The molecule has 0 saturated carbocycles. The summed E-state index contributed by atoms with van der Waals surface area (Å²) in [5.74, 6) is -0.437. The van der Waals surface area contributed by atoms with Gasteiger partial charge in [0.05, 0.1) is 5.02 Å². The number of hydrogen-bond acceptors (Lipinski definition) is 2. The summed E-state index contributed by atoms with van der Waals surface area (Å²) >= 11 is 13.7. The van der Waals surface area contributed by atoms with Crippen LogP contribution in [0.4, 0.5) is 4.39 Å². The average Bonchev–Trinajstić information content (AvgIpc) is 2.87. The number of halogens is 3. The molecule has 1 nitrogen and oxygen atoms in total. The van der Waals surface area contributed by atoms with Crippen molar-refractivity contribution in [2.45, 2.75) is 19.4 Å². The van der Waals surface area contributed by atoms with E-state index in [1.807, 2.05) is 6.92 Å². The zero-order valence-electron chi connectivity index (χ0n) is 10.4. The second-order valence-electron chi connectivity index (χ2n) is 4.31. The summed E-state index contributed by atoms with van der Waals surface area (Å²) in [6, 6.07) is 4.83. The normalized spacial score (nSPS) is 12.6. The summed E-state index contributed by atoms with van der Waals surface area (Å²) in [7, 11) is 0. The first kappa shape index (κ1) is 14.8. The highest BCUT2D eigenvalue weighted by molar-refractivity contribution is 7.07. The molecule has 1 unspecified atom stereocenters. The maximum absolute atomic E-state index is 13.4. The van der Waals surface area contributed by atoms with Crippen molar-refractivity contribution in [3.8, 4) is 0 Å². The van der Waals surface area contributed by atoms with Crippen LogP contribution in [0.15, 0.2) is 29.0 Å². The third-order valence-electron chi connectivity index (χ3n) is 2.96. The SMILES string of the molecule is CC(NCCc1ccsc1)c1c(Cl)ccc(F)c1Cl. The van der Waals surface area contributed by atoms with E-state index in [0.717, 1.165) is 13.0 Å². The summed E-state index contributed by atoms with van der Waals surface area (Å²) in [4.78, 5) is 0. The number of thiophene rings is 1. The predicted molar refractivity (Wildman–Crippen MR) is 80.9 cm³/mol. The van der Waals surface area contributed by atoms with Gasteiger partial charge in [0.1, 0.15) is 5.82 Å². The van der Waals surface area contributed by atoms with Crippen molar-refractivity contribution in [2.75, 3.05) is 6.54 Å². The lowest BCUT2D eigenvalue weighted by molar-refractivity contribution is 0.568. The highest BCUT2D eigenvalue weighted by Crippen LogP contribution is 2.32. The third-order valence-corrected chi connectivity index (χ3v) is 4.40. The molecular weight excluding hydrogens is 304 g/mol. The molecule has 19 heavy (non-hydrogen) atoms. The van der Waals surface area contributed by atoms with E-state index < -0.39 is 5.82 Å². The van der Waals surface area contributed by atoms with Crippen molar-refractivity contribution in [2.24, 2.45) is 0 Å². The minimum atomic E-state index is -0.437. The molecule has 1 atom stereocenters. The van der Waals surface area contributed by atoms with Crippen LogP contribution in [0, 0.1) is 5.82 Å². The Labute approximate surface area is 126 Å². The number of hydrogen-bond donors (Lipinski definition) is 1. The summed E-state index contributed by atoms with van der Waals surface area (Å²) in [6.07, 6.45) is 0.929. The van der Waals surface area contributed by atoms with Crippen molar-refractivity contribution in [3.05, 3.63) is 55.9 Å². The van der Waals surface area contributed by atoms with E-state index in [0.29, 0.717) is 10.6 Å². The standard InChI is InChI=1S/C14H14Cl2FNS/c1-9(18-6-4-10-5-7-19-8-10)13-11(15)2-3-12(17)14(13)16/h2-3,5,7-9,18H,4,6H2,1H3. The molecule has 0 amide bonds. The van der Waals surface area contributed by atoms with Crippen molar-refractivity contribution in [3.63, 3.8) is 0 Å². The summed E-state index contributed by atoms with van der Waals surface area (Å²) in [5, 5.41) is 8.08. The quantitative estimate of drug-likeness (QED) is 0.757. The molecule has 0 aliphatic carbocycles. The van der Waals surface area contributed by atoms with Crippen LogP contribution in [0.3, 0.4) is 0 Å². The van der Waals surface area contributed by atoms with Crippen molar-refractivity contribution >= 4 is 34.5 Å². The zero-order valence-corrected chi connectivity index (χ0v) is 12.7. The van der Waals surface area contributed by atoms with Gasteiger partial charge in [-0.2, -0.15) is 11.3 Å². The fourth-order valence-electron chi connectivity index (χ4n) is 1.91. The first-order valence-corrected chi connectivity index (χ1v) is 7.67. The van der Waals surface area contributed by atoms with E-state index in [1.54, 1.807) is 11.3 Å². The molecule has 1 aromatic carbocycles. The van der Waals surface area contributed by atoms with E-state index in [4.69, 9.17) is 23.2 Å². The fraction of sp³-hybridized carbons (Fsp3) is 0.286. The molecule has 0 bridgehead atoms. The molecule has 1 heterocycles. The van der Waals surface area contributed by atoms with Gasteiger partial charge in [0.25, 0.3) is 0 Å². The van der Waals surface area contributed by atoms with E-state index in [-0.39, 0.29) is 11.1 Å². The number of benzene rings is 1. The summed E-state index contributed by atoms with van der Waals surface area (Å²) in [6.45, 7) is 2.72. The Balaban J connectivity index is 2.00. The lowest BCUT2D eigenvalue weighted by atomic mass is 10.1. The van der Waals surface area contributed by atoms with Gasteiger partial charge >= 0.3 is 0 Å². The second kappa shape index (κ2) is 6.71. The first-order chi connectivity index (χ1) is 9.09. The van der Waals surface area contributed by atoms with Crippen molar-refractivity contribution in [1.82, 2.24) is 5.32 Å². The molecule has 0 aliphatic rings. The minimum Gasteiger partial charge on any atom is -0.310 e. The van der Waals surface area contributed by atoms with Gasteiger partial charge in [-0.3, -0.25) is 0 Å². The lowest BCUT2D eigenvalue weighted by Crippen LogP contribution is -2.22. The van der Waals surface area contributed by atoms with Crippen LogP contribution >= 0.6 is 34.5 Å². The molecule has 0 aliphatic heterocycles. The summed E-state index contributed by atoms with van der Waals surface area (Å²) < 4.78 is 13.4. The molecule has 0 fully saturated rings. The average molecular weight is 318 g/mol. The van der Waals surface area contributed by atoms with E-state index in [9.17, 15) is 4.39 Å². The highest BCUT2D eigenvalue weighted by Gasteiger charge is 2.16. The maximum atomic E-state index is 13.4. The van der Waals surface area contributed by atoms with Crippen LogP contribution in [-0.2, 0) is 6.42 Å². The van der Waals surface area contributed by atoms with Crippen molar-refractivity contribution < 1.29 is 4.39 Å². The van der Waals surface area contributed by atoms with Crippen LogP contribution in [0.5, 0.6) is 0 Å². The largest absolute Gasteiger partial charge is 0.310 e. The number of rotatable bonds is 5. The topological polar surface area (TPSA) is 12.0 Å². The molecule has 0 saturated heterocycles. The Bertz CT molecular complexity index is 543. The molecule has 0 radical (unpaired) electrons. The zero-order chi connectivity index (χ0) is 13.8. The molecule has 1 N–H and O–H groups in total. The van der Waals surface area contributed by atoms with Gasteiger partial charge < -0.3 is 5.32 Å². The monoisotopic (exact) mass is 317 g/mol. The van der Waals surface area contributed by atoms with Gasteiger partial charge in [0, 0.05) is 16.6 Å². The Kier molecular flexibility index (Phi) is 5.22. The fourth-order valence-corrected chi connectivity index (χ4v) is 3.31. The molecule has 2 rings (SSSR count). The Morgan fingerprint density at radius 1 is 1.32 bits per heavy atom. The van der Waals surface area contributed by atoms with Gasteiger partial charge in [0.2, 0.25) is 0 Å². The number of nitrogens with one attached hydrogen (secondary N) is 1. The first-order valence-electron chi connectivity index (χ1n) is 5.97. The van der Waals surface area contributed by atoms with Crippen LogP contribution in [0.1, 0.15) is 24.1 Å². The minimum absolute atomic E-state index is 0.0886. The van der Waals surface area contributed by atoms with Crippen LogP contribution in [0.2, 0.25) is 10.0 Å². The van der Waals surface area contributed by atoms with E-state index >= 15 is 0 Å². The van der Waals surface area contributed by atoms with Crippen LogP contribution in [0.25, 0.3) is 0 Å². The third kappa shape index (κ3) is 3.69. The Hall–Kier alpha value is -0.610. The van der Waals surface area contributed by atoms with Gasteiger partial charge in [-0.1, -0.05) is 23.2 Å². The molecule has 5 heteroatoms. The lowest BCUT2D eigenvalue weighted by Gasteiger charge is -2.17. The van der Waals surface area contributed by atoms with Gasteiger partial charge in [-0.25, -0.2) is 4.39 Å². The summed E-state index contributed by atoms with van der Waals surface area (Å²) in [5.41, 5.74) is 1.91. The molecular formula is C14H14Cl2FNS. The Morgan fingerprint density at radius 2 is 2.11 bits per heavy atom. The molecule has 0 spiro atoms. The van der Waals surface area contributed by atoms with Gasteiger partial charge in [-0.05, 0) is 54.4 Å². The highest BCUT2D eigenvalue weighted by atomic mass is 35.5. The van der Waals surface area contributed by atoms with E-state index in [2.05, 4.69) is 22.1 Å². The molecule has 1 aromatic heterocycles. The van der Waals surface area contributed by atoms with Crippen molar-refractivity contribution in [1.29, 1.82) is 0 Å². The molecule has 102 valence electrons. The molecule has 2 aromatic rings.